The molecular formula is C16H19BrN4O3. The van der Waals surface area contributed by atoms with Crippen LogP contribution < -0.4 is 0 Å². The van der Waals surface area contributed by atoms with E-state index < -0.39 is 4.92 Å². The molecule has 1 aliphatic rings. The molecular weight excluding hydrogens is 376 g/mol. The summed E-state index contributed by atoms with van der Waals surface area (Å²) in [6.07, 6.45) is 3.99. The van der Waals surface area contributed by atoms with Crippen molar-refractivity contribution >= 4 is 21.7 Å². The van der Waals surface area contributed by atoms with E-state index >= 15 is 0 Å². The molecule has 7 nitrogen and oxygen atoms in total. The van der Waals surface area contributed by atoms with Crippen molar-refractivity contribution in [3.63, 3.8) is 0 Å². The Morgan fingerprint density at radius 3 is 2.83 bits per heavy atom. The molecule has 0 radical (unpaired) electrons. The highest BCUT2D eigenvalue weighted by Gasteiger charge is 2.23. The number of nitrogens with zero attached hydrogens (tertiary/aromatic N) is 4. The largest absolute Gasteiger partial charge is 0.404 e. The van der Waals surface area contributed by atoms with Gasteiger partial charge in [0.05, 0.1) is 17.4 Å². The molecule has 3 rings (SSSR count). The number of ether oxygens (including phenoxy) is 1. The van der Waals surface area contributed by atoms with Gasteiger partial charge in [-0.1, -0.05) is 30.3 Å². The third-order valence-electron chi connectivity index (χ3n) is 3.95. The number of halogens is 1. The summed E-state index contributed by atoms with van der Waals surface area (Å²) < 4.78 is 7.73. The predicted octanol–water partition coefficient (Wildman–Crippen LogP) is 3.19. The van der Waals surface area contributed by atoms with E-state index in [9.17, 15) is 10.1 Å². The van der Waals surface area contributed by atoms with Gasteiger partial charge in [0.1, 0.15) is 11.1 Å². The quantitative estimate of drug-likeness (QED) is 0.532. The summed E-state index contributed by atoms with van der Waals surface area (Å²) in [6.45, 7) is 2.80. The van der Waals surface area contributed by atoms with E-state index in [1.54, 1.807) is 10.9 Å². The molecule has 0 saturated carbocycles. The molecule has 8 heteroatoms. The molecule has 1 unspecified atom stereocenters. The van der Waals surface area contributed by atoms with Crippen molar-refractivity contribution in [1.29, 1.82) is 0 Å². The number of aromatic nitrogens is 2. The zero-order chi connectivity index (χ0) is 16.9. The maximum atomic E-state index is 11.0. The SMILES string of the molecule is O=[N+]([O-])c1nn(CN(Cc2ccccc2)CC2CCCO2)cc1Br. The van der Waals surface area contributed by atoms with Crippen LogP contribution in [0, 0.1) is 10.1 Å². The minimum atomic E-state index is -0.484. The number of hydrogen-bond donors (Lipinski definition) is 0. The van der Waals surface area contributed by atoms with Crippen LogP contribution in [0.25, 0.3) is 0 Å². The van der Waals surface area contributed by atoms with Crippen molar-refractivity contribution in [3.05, 3.63) is 56.7 Å². The smallest absolute Gasteiger partial charge is 0.377 e. The Labute approximate surface area is 148 Å². The van der Waals surface area contributed by atoms with E-state index in [1.165, 1.54) is 5.56 Å². The summed E-state index contributed by atoms with van der Waals surface area (Å²) in [7, 11) is 0. The fourth-order valence-corrected chi connectivity index (χ4v) is 3.34. The summed E-state index contributed by atoms with van der Waals surface area (Å²) in [6, 6.07) is 10.2. The highest BCUT2D eigenvalue weighted by molar-refractivity contribution is 9.10. The Hall–Kier alpha value is -1.77. The fourth-order valence-electron chi connectivity index (χ4n) is 2.88. The van der Waals surface area contributed by atoms with Crippen molar-refractivity contribution in [2.75, 3.05) is 13.2 Å². The van der Waals surface area contributed by atoms with Gasteiger partial charge in [-0.2, -0.15) is 4.68 Å². The van der Waals surface area contributed by atoms with Gasteiger partial charge in [-0.3, -0.25) is 4.90 Å². The van der Waals surface area contributed by atoms with E-state index in [-0.39, 0.29) is 11.9 Å². The summed E-state index contributed by atoms with van der Waals surface area (Å²) in [5.41, 5.74) is 1.19. The maximum Gasteiger partial charge on any atom is 0.404 e. The van der Waals surface area contributed by atoms with Crippen LogP contribution in [0.3, 0.4) is 0 Å². The Kier molecular flexibility index (Phi) is 5.60. The van der Waals surface area contributed by atoms with Crippen LogP contribution >= 0.6 is 15.9 Å². The Bertz CT molecular complexity index is 686. The zero-order valence-corrected chi connectivity index (χ0v) is 14.8. The van der Waals surface area contributed by atoms with Gasteiger partial charge < -0.3 is 14.9 Å². The average molecular weight is 395 g/mol. The van der Waals surface area contributed by atoms with E-state index in [0.29, 0.717) is 11.1 Å². The fraction of sp³-hybridized carbons (Fsp3) is 0.438. The topological polar surface area (TPSA) is 73.4 Å². The summed E-state index contributed by atoms with van der Waals surface area (Å²) >= 11 is 3.19. The van der Waals surface area contributed by atoms with Crippen molar-refractivity contribution < 1.29 is 9.66 Å². The van der Waals surface area contributed by atoms with Gasteiger partial charge in [-0.15, -0.1) is 0 Å². The van der Waals surface area contributed by atoms with Crippen LogP contribution in [0.5, 0.6) is 0 Å². The summed E-state index contributed by atoms with van der Waals surface area (Å²) in [5, 5.41) is 15.0. The standard InChI is InChI=1S/C16H19BrN4O3/c17-15-11-20(18-16(15)21(22)23)12-19(10-14-7-4-8-24-14)9-13-5-2-1-3-6-13/h1-3,5-6,11,14H,4,7-10,12H2. The van der Waals surface area contributed by atoms with E-state index in [1.807, 2.05) is 18.2 Å². The van der Waals surface area contributed by atoms with Gasteiger partial charge in [-0.05, 0) is 39.3 Å². The minimum Gasteiger partial charge on any atom is -0.377 e. The monoisotopic (exact) mass is 394 g/mol. The highest BCUT2D eigenvalue weighted by atomic mass is 79.9. The molecule has 2 heterocycles. The molecule has 0 spiro atoms. The highest BCUT2D eigenvalue weighted by Crippen LogP contribution is 2.23. The molecule has 128 valence electrons. The second-order valence-electron chi connectivity index (χ2n) is 5.87. The second-order valence-corrected chi connectivity index (χ2v) is 6.73. The predicted molar refractivity (Wildman–Crippen MR) is 92.4 cm³/mol. The first-order valence-electron chi connectivity index (χ1n) is 7.87. The van der Waals surface area contributed by atoms with Crippen molar-refractivity contribution in [2.24, 2.45) is 0 Å². The van der Waals surface area contributed by atoms with Crippen LogP contribution in [-0.2, 0) is 18.0 Å². The van der Waals surface area contributed by atoms with Crippen LogP contribution in [0.4, 0.5) is 5.82 Å². The number of nitro groups is 1. The van der Waals surface area contributed by atoms with Crippen molar-refractivity contribution in [2.45, 2.75) is 32.2 Å². The molecule has 0 N–H and O–H groups in total. The third-order valence-corrected chi connectivity index (χ3v) is 4.51. The normalized spacial score (nSPS) is 17.5. The van der Waals surface area contributed by atoms with Crippen LogP contribution in [0.1, 0.15) is 18.4 Å². The summed E-state index contributed by atoms with van der Waals surface area (Å²) in [4.78, 5) is 12.7. The molecule has 24 heavy (non-hydrogen) atoms. The molecule has 0 bridgehead atoms. The van der Waals surface area contributed by atoms with Gasteiger partial charge in [0.2, 0.25) is 0 Å². The number of rotatable bonds is 7. The molecule has 1 fully saturated rings. The first-order chi connectivity index (χ1) is 11.6. The Morgan fingerprint density at radius 1 is 1.42 bits per heavy atom. The van der Waals surface area contributed by atoms with E-state index in [2.05, 4.69) is 38.1 Å². The number of hydrogen-bond acceptors (Lipinski definition) is 5. The Morgan fingerprint density at radius 2 is 2.21 bits per heavy atom. The lowest BCUT2D eigenvalue weighted by Gasteiger charge is -2.24. The molecule has 1 aliphatic heterocycles. The summed E-state index contributed by atoms with van der Waals surface area (Å²) in [5.74, 6) is -0.160. The molecule has 1 atom stereocenters. The first kappa shape index (κ1) is 17.1. The van der Waals surface area contributed by atoms with Gasteiger partial charge in [0.25, 0.3) is 0 Å². The maximum absolute atomic E-state index is 11.0. The van der Waals surface area contributed by atoms with Gasteiger partial charge in [0, 0.05) is 19.7 Å². The molecule has 1 aromatic heterocycles. The second kappa shape index (κ2) is 7.87. The number of benzene rings is 1. The first-order valence-corrected chi connectivity index (χ1v) is 8.66. The van der Waals surface area contributed by atoms with Crippen LogP contribution in [-0.4, -0.2) is 38.9 Å². The zero-order valence-electron chi connectivity index (χ0n) is 13.2. The van der Waals surface area contributed by atoms with E-state index in [4.69, 9.17) is 4.74 Å². The van der Waals surface area contributed by atoms with Gasteiger partial charge in [-0.25, -0.2) is 0 Å². The lowest BCUT2D eigenvalue weighted by atomic mass is 10.2. The molecule has 0 amide bonds. The molecule has 1 aromatic carbocycles. The molecule has 1 saturated heterocycles. The van der Waals surface area contributed by atoms with Crippen LogP contribution in [0.2, 0.25) is 0 Å². The van der Waals surface area contributed by atoms with E-state index in [0.717, 1.165) is 32.5 Å². The molecule has 0 aliphatic carbocycles. The van der Waals surface area contributed by atoms with Crippen molar-refractivity contribution in [1.82, 2.24) is 14.7 Å². The van der Waals surface area contributed by atoms with Gasteiger partial charge >= 0.3 is 5.82 Å². The van der Waals surface area contributed by atoms with Gasteiger partial charge in [0.15, 0.2) is 0 Å². The third kappa shape index (κ3) is 4.40. The Balaban J connectivity index is 1.73. The lowest BCUT2D eigenvalue weighted by molar-refractivity contribution is -0.390. The average Bonchev–Trinajstić information content (AvgIpc) is 3.18. The lowest BCUT2D eigenvalue weighted by Crippen LogP contribution is -2.33. The van der Waals surface area contributed by atoms with Crippen LogP contribution in [0.15, 0.2) is 41.0 Å². The minimum absolute atomic E-state index is 0.160. The van der Waals surface area contributed by atoms with Crippen molar-refractivity contribution in [3.8, 4) is 0 Å². The molecule has 2 aromatic rings.